The molecule has 2 fully saturated rings. The topological polar surface area (TPSA) is 69.7 Å². The Bertz CT molecular complexity index is 706. The summed E-state index contributed by atoms with van der Waals surface area (Å²) in [6.45, 7) is 1.14. The first-order chi connectivity index (χ1) is 11.4. The zero-order valence-electron chi connectivity index (χ0n) is 13.1. The van der Waals surface area contributed by atoms with Crippen LogP contribution < -0.4 is 5.32 Å². The first-order valence-electron chi connectivity index (χ1n) is 7.66. The molecule has 24 heavy (non-hydrogen) atoms. The lowest BCUT2D eigenvalue weighted by atomic mass is 10.0. The molecular formula is C16H17ClFN3O3. The first kappa shape index (κ1) is 16.7. The molecule has 0 aromatic heterocycles. The fourth-order valence-corrected chi connectivity index (χ4v) is 3.21. The fourth-order valence-electron chi connectivity index (χ4n) is 3.09. The standard InChI is InChI=1S/C16H17ClFN3O3/c1-19-15(23)10-5-14(22)21(6-10)11-7-20(8-11)16(24)9-2-3-12(17)13(18)4-9/h2-4,10-11H,5-8H2,1H3,(H,19,23). The molecule has 8 heteroatoms. The van der Waals surface area contributed by atoms with Crippen molar-refractivity contribution in [3.8, 4) is 0 Å². The lowest BCUT2D eigenvalue weighted by Gasteiger charge is -2.44. The van der Waals surface area contributed by atoms with E-state index < -0.39 is 5.82 Å². The number of carbonyl (C=O) groups excluding carboxylic acids is 3. The molecule has 2 aliphatic rings. The highest BCUT2D eigenvalue weighted by molar-refractivity contribution is 6.30. The highest BCUT2D eigenvalue weighted by Gasteiger charge is 2.43. The third kappa shape index (κ3) is 2.96. The molecule has 3 rings (SSSR count). The molecule has 0 saturated carbocycles. The first-order valence-corrected chi connectivity index (χ1v) is 8.04. The van der Waals surface area contributed by atoms with E-state index in [1.165, 1.54) is 12.1 Å². The second-order valence-electron chi connectivity index (χ2n) is 6.05. The van der Waals surface area contributed by atoms with E-state index in [-0.39, 0.29) is 46.7 Å². The smallest absolute Gasteiger partial charge is 0.254 e. The summed E-state index contributed by atoms with van der Waals surface area (Å²) in [5, 5.41) is 2.52. The summed E-state index contributed by atoms with van der Waals surface area (Å²) in [5.74, 6) is -1.48. The zero-order chi connectivity index (χ0) is 17.4. The van der Waals surface area contributed by atoms with Crippen molar-refractivity contribution in [2.75, 3.05) is 26.7 Å². The van der Waals surface area contributed by atoms with Gasteiger partial charge in [0.2, 0.25) is 11.8 Å². The van der Waals surface area contributed by atoms with Crippen molar-refractivity contribution in [3.05, 3.63) is 34.6 Å². The lowest BCUT2D eigenvalue weighted by molar-refractivity contribution is -0.132. The van der Waals surface area contributed by atoms with Crippen LogP contribution >= 0.6 is 11.6 Å². The summed E-state index contributed by atoms with van der Waals surface area (Å²) >= 11 is 5.61. The summed E-state index contributed by atoms with van der Waals surface area (Å²) in [7, 11) is 1.55. The molecule has 1 unspecified atom stereocenters. The number of rotatable bonds is 3. The monoisotopic (exact) mass is 353 g/mol. The molecule has 2 heterocycles. The van der Waals surface area contributed by atoms with Crippen LogP contribution in [0.5, 0.6) is 0 Å². The van der Waals surface area contributed by atoms with Gasteiger partial charge in [0, 0.05) is 38.7 Å². The van der Waals surface area contributed by atoms with E-state index >= 15 is 0 Å². The molecule has 0 bridgehead atoms. The minimum atomic E-state index is -0.636. The van der Waals surface area contributed by atoms with Crippen molar-refractivity contribution in [1.82, 2.24) is 15.1 Å². The van der Waals surface area contributed by atoms with Gasteiger partial charge in [-0.25, -0.2) is 4.39 Å². The Morgan fingerprint density at radius 1 is 1.29 bits per heavy atom. The Balaban J connectivity index is 1.59. The molecule has 1 atom stereocenters. The van der Waals surface area contributed by atoms with E-state index in [1.54, 1.807) is 16.8 Å². The van der Waals surface area contributed by atoms with E-state index in [9.17, 15) is 18.8 Å². The molecule has 0 aliphatic carbocycles. The minimum Gasteiger partial charge on any atom is -0.359 e. The minimum absolute atomic E-state index is 0.0315. The predicted molar refractivity (Wildman–Crippen MR) is 85.0 cm³/mol. The van der Waals surface area contributed by atoms with Gasteiger partial charge in [-0.15, -0.1) is 0 Å². The summed E-state index contributed by atoms with van der Waals surface area (Å²) in [5.41, 5.74) is 0.228. The SMILES string of the molecule is CNC(=O)C1CC(=O)N(C2CN(C(=O)c3ccc(Cl)c(F)c3)C2)C1. The largest absolute Gasteiger partial charge is 0.359 e. The molecule has 128 valence electrons. The van der Waals surface area contributed by atoms with Crippen molar-refractivity contribution in [2.45, 2.75) is 12.5 Å². The number of halogens is 2. The second kappa shape index (κ2) is 6.39. The Labute approximate surface area is 143 Å². The van der Waals surface area contributed by atoms with Crippen molar-refractivity contribution in [3.63, 3.8) is 0 Å². The number of nitrogens with one attached hydrogen (secondary N) is 1. The van der Waals surface area contributed by atoms with E-state index in [1.807, 2.05) is 0 Å². The van der Waals surface area contributed by atoms with Crippen LogP contribution in [0, 0.1) is 11.7 Å². The molecule has 0 spiro atoms. The Morgan fingerprint density at radius 2 is 2.00 bits per heavy atom. The van der Waals surface area contributed by atoms with Crippen molar-refractivity contribution in [2.24, 2.45) is 5.92 Å². The van der Waals surface area contributed by atoms with Gasteiger partial charge in [0.25, 0.3) is 5.91 Å². The van der Waals surface area contributed by atoms with E-state index in [2.05, 4.69) is 5.32 Å². The summed E-state index contributed by atoms with van der Waals surface area (Å²) in [4.78, 5) is 39.2. The molecule has 1 N–H and O–H groups in total. The van der Waals surface area contributed by atoms with Gasteiger partial charge in [-0.3, -0.25) is 14.4 Å². The van der Waals surface area contributed by atoms with Crippen LogP contribution in [0.3, 0.4) is 0 Å². The number of carbonyl (C=O) groups is 3. The van der Waals surface area contributed by atoms with Crippen LogP contribution in [0.2, 0.25) is 5.02 Å². The van der Waals surface area contributed by atoms with Gasteiger partial charge in [-0.1, -0.05) is 11.6 Å². The van der Waals surface area contributed by atoms with Crippen LogP contribution in [0.1, 0.15) is 16.8 Å². The second-order valence-corrected chi connectivity index (χ2v) is 6.46. The average molecular weight is 354 g/mol. The maximum atomic E-state index is 13.5. The van der Waals surface area contributed by atoms with Gasteiger partial charge in [-0.2, -0.15) is 0 Å². The maximum Gasteiger partial charge on any atom is 0.254 e. The molecule has 2 saturated heterocycles. The van der Waals surface area contributed by atoms with Gasteiger partial charge in [0.1, 0.15) is 5.82 Å². The molecule has 1 aromatic carbocycles. The fraction of sp³-hybridized carbons (Fsp3) is 0.438. The normalized spacial score (nSPS) is 21.0. The Morgan fingerprint density at radius 3 is 2.62 bits per heavy atom. The highest BCUT2D eigenvalue weighted by atomic mass is 35.5. The summed E-state index contributed by atoms with van der Waals surface area (Å²) in [6, 6.07) is 3.84. The maximum absolute atomic E-state index is 13.5. The van der Waals surface area contributed by atoms with E-state index in [0.29, 0.717) is 19.6 Å². The average Bonchev–Trinajstić information content (AvgIpc) is 2.89. The van der Waals surface area contributed by atoms with Crippen LogP contribution in [0.4, 0.5) is 4.39 Å². The molecule has 2 aliphatic heterocycles. The lowest BCUT2D eigenvalue weighted by Crippen LogP contribution is -2.61. The number of likely N-dealkylation sites (tertiary alicyclic amines) is 2. The summed E-state index contributed by atoms with van der Waals surface area (Å²) < 4.78 is 13.5. The third-order valence-corrected chi connectivity index (χ3v) is 4.84. The van der Waals surface area contributed by atoms with Crippen LogP contribution in [-0.4, -0.2) is 60.2 Å². The van der Waals surface area contributed by atoms with Gasteiger partial charge in [-0.05, 0) is 18.2 Å². The number of benzene rings is 1. The molecule has 6 nitrogen and oxygen atoms in total. The van der Waals surface area contributed by atoms with Crippen LogP contribution in [0.15, 0.2) is 18.2 Å². The molecule has 1 aromatic rings. The molecule has 3 amide bonds. The number of hydrogen-bond acceptors (Lipinski definition) is 3. The van der Waals surface area contributed by atoms with Gasteiger partial charge >= 0.3 is 0 Å². The molecular weight excluding hydrogens is 337 g/mol. The van der Waals surface area contributed by atoms with E-state index in [4.69, 9.17) is 11.6 Å². The van der Waals surface area contributed by atoms with Crippen molar-refractivity contribution >= 4 is 29.3 Å². The highest BCUT2D eigenvalue weighted by Crippen LogP contribution is 2.26. The van der Waals surface area contributed by atoms with E-state index in [0.717, 1.165) is 6.07 Å². The number of hydrogen-bond donors (Lipinski definition) is 1. The Kier molecular flexibility index (Phi) is 4.45. The zero-order valence-corrected chi connectivity index (χ0v) is 13.8. The third-order valence-electron chi connectivity index (χ3n) is 4.53. The van der Waals surface area contributed by atoms with Gasteiger partial charge in [0.05, 0.1) is 17.0 Å². The van der Waals surface area contributed by atoms with Crippen LogP contribution in [0.25, 0.3) is 0 Å². The van der Waals surface area contributed by atoms with Crippen molar-refractivity contribution in [1.29, 1.82) is 0 Å². The quantitative estimate of drug-likeness (QED) is 0.877. The molecule has 0 radical (unpaired) electrons. The number of amides is 3. The van der Waals surface area contributed by atoms with Gasteiger partial charge < -0.3 is 15.1 Å². The van der Waals surface area contributed by atoms with Gasteiger partial charge in [0.15, 0.2) is 0 Å². The Hall–Kier alpha value is -2.15. The number of nitrogens with zero attached hydrogens (tertiary/aromatic N) is 2. The van der Waals surface area contributed by atoms with Crippen LogP contribution in [-0.2, 0) is 9.59 Å². The summed E-state index contributed by atoms with van der Waals surface area (Å²) in [6.07, 6.45) is 0.201. The van der Waals surface area contributed by atoms with Crippen molar-refractivity contribution < 1.29 is 18.8 Å². The predicted octanol–water partition coefficient (Wildman–Crippen LogP) is 0.898.